The molecule has 0 aliphatic heterocycles. The Morgan fingerprint density at radius 2 is 1.74 bits per heavy atom. The largest absolute Gasteiger partial charge is 0.389 e. The van der Waals surface area contributed by atoms with Gasteiger partial charge in [0, 0.05) is 23.4 Å². The molecule has 3 unspecified atom stereocenters. The normalized spacial score (nSPS) is 26.2. The average molecular weight is 513 g/mol. The second kappa shape index (κ2) is 8.87. The quantitative estimate of drug-likeness (QED) is 0.569. The summed E-state index contributed by atoms with van der Waals surface area (Å²) >= 11 is 6.20. The third kappa shape index (κ3) is 4.40. The van der Waals surface area contributed by atoms with Crippen molar-refractivity contribution in [1.82, 2.24) is 0 Å². The van der Waals surface area contributed by atoms with Gasteiger partial charge < -0.3 is 10.4 Å². The second-order valence-electron chi connectivity index (χ2n) is 8.93. The van der Waals surface area contributed by atoms with E-state index in [1.807, 2.05) is 6.07 Å². The Labute approximate surface area is 199 Å². The number of sulfone groups is 1. The number of hydrogen-bond acceptors (Lipinski definition) is 5. The molecule has 2 N–H and O–H groups in total. The van der Waals surface area contributed by atoms with Crippen molar-refractivity contribution in [3.63, 3.8) is 0 Å². The van der Waals surface area contributed by atoms with Gasteiger partial charge in [0.25, 0.3) is 5.91 Å². The number of aliphatic hydroxyl groups is 1. The number of halogens is 4. The summed E-state index contributed by atoms with van der Waals surface area (Å²) in [5.41, 5.74) is -1.70. The minimum absolute atomic E-state index is 0.0756. The van der Waals surface area contributed by atoms with E-state index < -0.39 is 44.0 Å². The van der Waals surface area contributed by atoms with Crippen molar-refractivity contribution in [1.29, 1.82) is 5.26 Å². The molecule has 2 aromatic carbocycles. The predicted molar refractivity (Wildman–Crippen MR) is 117 cm³/mol. The van der Waals surface area contributed by atoms with Crippen LogP contribution in [0.4, 0.5) is 18.9 Å². The van der Waals surface area contributed by atoms with Gasteiger partial charge in [-0.25, -0.2) is 21.6 Å². The van der Waals surface area contributed by atoms with Crippen LogP contribution < -0.4 is 5.32 Å². The number of rotatable bonds is 5. The zero-order chi connectivity index (χ0) is 24.8. The smallest absolute Gasteiger partial charge is 0.255 e. The lowest BCUT2D eigenvalue weighted by Gasteiger charge is -2.39. The van der Waals surface area contributed by atoms with Crippen molar-refractivity contribution in [3.05, 3.63) is 58.4 Å². The van der Waals surface area contributed by atoms with Crippen molar-refractivity contribution in [3.8, 4) is 6.07 Å². The first-order valence-corrected chi connectivity index (χ1v) is 12.5. The fourth-order valence-corrected chi connectivity index (χ4v) is 8.12. The number of anilines is 1. The zero-order valence-corrected chi connectivity index (χ0v) is 19.3. The lowest BCUT2D eigenvalue weighted by molar-refractivity contribution is -0.0147. The van der Waals surface area contributed by atoms with Crippen LogP contribution in [0.2, 0.25) is 5.02 Å². The number of carbonyl (C=O) groups is 1. The van der Waals surface area contributed by atoms with Crippen molar-refractivity contribution in [2.24, 2.45) is 11.8 Å². The van der Waals surface area contributed by atoms with Gasteiger partial charge in [0.2, 0.25) is 0 Å². The first-order chi connectivity index (χ1) is 15.9. The number of nitrogens with one attached hydrogen (secondary N) is 1. The molecule has 2 aliphatic rings. The van der Waals surface area contributed by atoms with Crippen molar-refractivity contribution >= 4 is 33.0 Å². The van der Waals surface area contributed by atoms with Gasteiger partial charge in [-0.3, -0.25) is 4.79 Å². The molecule has 4 atom stereocenters. The molecule has 0 heterocycles. The highest BCUT2D eigenvalue weighted by Gasteiger charge is 2.54. The third-order valence-electron chi connectivity index (χ3n) is 6.63. The summed E-state index contributed by atoms with van der Waals surface area (Å²) < 4.78 is 67.3. The maximum atomic E-state index is 13.6. The third-order valence-corrected chi connectivity index (χ3v) is 9.51. The molecule has 11 heteroatoms. The maximum Gasteiger partial charge on any atom is 0.255 e. The van der Waals surface area contributed by atoms with Gasteiger partial charge >= 0.3 is 0 Å². The molecule has 0 spiro atoms. The number of fused-ring (bicyclic) bond motifs is 2. The standard InChI is InChI=1S/C23H20ClF3N2O4S/c24-16-4-3-12(22(30)29-15-8-17(25)20(27)18(26)9-15)7-19(16)34(32,33)21-13-1-2-14(21)11-23(31,10-13)5-6-28/h3-4,7-9,13-14,21,31H,1-2,5,10-11H2,(H,29,30)/t13-,14?,21?,23?/m1/s1. The number of carbonyl (C=O) groups excluding carboxylic acids is 1. The lowest BCUT2D eigenvalue weighted by Crippen LogP contribution is -2.46. The minimum Gasteiger partial charge on any atom is -0.389 e. The molecule has 180 valence electrons. The summed E-state index contributed by atoms with van der Waals surface area (Å²) in [4.78, 5) is 12.4. The highest BCUT2D eigenvalue weighted by atomic mass is 35.5. The van der Waals surface area contributed by atoms with E-state index in [4.69, 9.17) is 16.9 Å². The minimum atomic E-state index is -4.02. The van der Waals surface area contributed by atoms with Crippen LogP contribution in [0.1, 0.15) is 42.5 Å². The zero-order valence-electron chi connectivity index (χ0n) is 17.7. The van der Waals surface area contributed by atoms with E-state index >= 15 is 0 Å². The number of nitriles is 1. The Hall–Kier alpha value is -2.61. The highest BCUT2D eigenvalue weighted by molar-refractivity contribution is 7.92. The Bertz CT molecular complexity index is 1270. The molecule has 2 aliphatic carbocycles. The van der Waals surface area contributed by atoms with Gasteiger partial charge in [-0.1, -0.05) is 11.6 Å². The summed E-state index contributed by atoms with van der Waals surface area (Å²) in [6.45, 7) is 0. The van der Waals surface area contributed by atoms with Crippen LogP contribution in [0.15, 0.2) is 35.2 Å². The molecule has 1 amide bonds. The highest BCUT2D eigenvalue weighted by Crippen LogP contribution is 2.52. The van der Waals surface area contributed by atoms with Gasteiger partial charge in [-0.05, 0) is 55.7 Å². The van der Waals surface area contributed by atoms with E-state index in [9.17, 15) is 31.5 Å². The topological polar surface area (TPSA) is 107 Å². The molecule has 2 fully saturated rings. The first-order valence-electron chi connectivity index (χ1n) is 10.5. The molecule has 0 aromatic heterocycles. The van der Waals surface area contributed by atoms with Crippen molar-refractivity contribution < 1.29 is 31.5 Å². The summed E-state index contributed by atoms with van der Waals surface area (Å²) in [5, 5.41) is 21.0. The fourth-order valence-electron chi connectivity index (χ4n) is 5.28. The molecular weight excluding hydrogens is 493 g/mol. The Balaban J connectivity index is 1.62. The predicted octanol–water partition coefficient (Wildman–Crippen LogP) is 4.62. The second-order valence-corrected chi connectivity index (χ2v) is 11.4. The van der Waals surface area contributed by atoms with Gasteiger partial charge in [0.05, 0.1) is 33.3 Å². The summed E-state index contributed by atoms with van der Waals surface area (Å²) in [7, 11) is -4.02. The van der Waals surface area contributed by atoms with E-state index in [1.165, 1.54) is 12.1 Å². The van der Waals surface area contributed by atoms with E-state index in [-0.39, 0.29) is 52.3 Å². The van der Waals surface area contributed by atoms with Crippen LogP contribution in [-0.2, 0) is 9.84 Å². The van der Waals surface area contributed by atoms with Gasteiger partial charge in [-0.15, -0.1) is 0 Å². The van der Waals surface area contributed by atoms with Crippen LogP contribution in [0, 0.1) is 40.6 Å². The lowest BCUT2D eigenvalue weighted by atomic mass is 9.76. The molecule has 34 heavy (non-hydrogen) atoms. The molecular formula is C23H20ClF3N2O4S. The molecule has 6 nitrogen and oxygen atoms in total. The van der Waals surface area contributed by atoms with Crippen molar-refractivity contribution in [2.45, 2.75) is 47.9 Å². The first kappa shape index (κ1) is 24.5. The summed E-state index contributed by atoms with van der Waals surface area (Å²) in [6, 6.07) is 6.76. The van der Waals surface area contributed by atoms with E-state index in [0.717, 1.165) is 6.07 Å². The average Bonchev–Trinajstić information content (AvgIpc) is 3.05. The van der Waals surface area contributed by atoms with Crippen LogP contribution in [0.5, 0.6) is 0 Å². The summed E-state index contributed by atoms with van der Waals surface area (Å²) in [5.74, 6) is -6.24. The van der Waals surface area contributed by atoms with Crippen LogP contribution in [0.25, 0.3) is 0 Å². The monoisotopic (exact) mass is 512 g/mol. The van der Waals surface area contributed by atoms with Gasteiger partial charge in [0.15, 0.2) is 27.3 Å². The van der Waals surface area contributed by atoms with Crippen LogP contribution in [-0.4, -0.2) is 30.3 Å². The maximum absolute atomic E-state index is 13.6. The van der Waals surface area contributed by atoms with Gasteiger partial charge in [0.1, 0.15) is 0 Å². The molecule has 2 bridgehead atoms. The molecule has 2 saturated carbocycles. The molecule has 2 aromatic rings. The van der Waals surface area contributed by atoms with Crippen molar-refractivity contribution in [2.75, 3.05) is 5.32 Å². The summed E-state index contributed by atoms with van der Waals surface area (Å²) in [6.07, 6.45) is 1.46. The Morgan fingerprint density at radius 3 is 2.29 bits per heavy atom. The van der Waals surface area contributed by atoms with E-state index in [0.29, 0.717) is 25.0 Å². The van der Waals surface area contributed by atoms with Gasteiger partial charge in [-0.2, -0.15) is 5.26 Å². The number of amides is 1. The fraction of sp³-hybridized carbons (Fsp3) is 0.391. The number of nitrogens with zero attached hydrogens (tertiary/aromatic N) is 1. The van der Waals surface area contributed by atoms with E-state index in [2.05, 4.69) is 5.32 Å². The molecule has 0 radical (unpaired) electrons. The molecule has 0 saturated heterocycles. The van der Waals surface area contributed by atoms with Crippen LogP contribution >= 0.6 is 11.6 Å². The van der Waals surface area contributed by atoms with E-state index in [1.54, 1.807) is 0 Å². The SMILES string of the molecule is N#CCC1(O)CC2CC[C@H](C1)C2S(=O)(=O)c1cc(C(=O)Nc2cc(F)c(F)c(F)c2)ccc1Cl. The number of hydrogen-bond donors (Lipinski definition) is 2. The number of benzene rings is 2. The van der Waals surface area contributed by atoms with Crippen LogP contribution in [0.3, 0.4) is 0 Å². The Kier molecular flexibility index (Phi) is 6.40. The molecule has 4 rings (SSSR count). The Morgan fingerprint density at radius 1 is 1.15 bits per heavy atom.